The van der Waals surface area contributed by atoms with Gasteiger partial charge in [0.05, 0.1) is 0 Å². The molecule has 0 spiro atoms. The summed E-state index contributed by atoms with van der Waals surface area (Å²) >= 11 is 0. The summed E-state index contributed by atoms with van der Waals surface area (Å²) in [7, 11) is 0. The van der Waals surface area contributed by atoms with Crippen molar-refractivity contribution in [1.29, 1.82) is 0 Å². The van der Waals surface area contributed by atoms with E-state index in [-0.39, 0.29) is 11.8 Å². The van der Waals surface area contributed by atoms with Crippen molar-refractivity contribution >= 4 is 5.91 Å². The highest BCUT2D eigenvalue weighted by Gasteiger charge is 2.11. The minimum Gasteiger partial charge on any atom is -0.356 e. The molecule has 1 aromatic rings. The lowest BCUT2D eigenvalue weighted by Crippen LogP contribution is -2.30. The fraction of sp³-hybridized carbons (Fsp3) is 0.727. The second kappa shape index (κ2) is 7.78. The second-order valence-corrected chi connectivity index (χ2v) is 4.16. The number of hydrogen-bond donors (Lipinski definition) is 3. The summed E-state index contributed by atoms with van der Waals surface area (Å²) in [5, 5.41) is 9.46. The highest BCUT2D eigenvalue weighted by molar-refractivity contribution is 5.78. The molecule has 17 heavy (non-hydrogen) atoms. The number of H-pyrrole nitrogens is 1. The number of aromatic amines is 1. The molecule has 0 fully saturated rings. The van der Waals surface area contributed by atoms with E-state index in [1.165, 1.54) is 6.33 Å². The smallest absolute Gasteiger partial charge is 0.222 e. The Morgan fingerprint density at radius 1 is 1.59 bits per heavy atom. The average Bonchev–Trinajstić information content (AvgIpc) is 2.84. The van der Waals surface area contributed by atoms with Gasteiger partial charge >= 0.3 is 0 Å². The maximum absolute atomic E-state index is 11.6. The molecule has 0 aliphatic carbocycles. The molecule has 0 radical (unpaired) electrons. The SMILES string of the molecule is CC(CCCN)C(=O)NCCCc1ncn[nH]1. The molecule has 6 heteroatoms. The van der Waals surface area contributed by atoms with Gasteiger partial charge in [-0.15, -0.1) is 0 Å². The molecule has 0 aromatic carbocycles. The first-order chi connectivity index (χ1) is 8.24. The Kier molecular flexibility index (Phi) is 6.24. The van der Waals surface area contributed by atoms with Crippen molar-refractivity contribution in [2.45, 2.75) is 32.6 Å². The lowest BCUT2D eigenvalue weighted by molar-refractivity contribution is -0.124. The van der Waals surface area contributed by atoms with Crippen LogP contribution in [0.25, 0.3) is 0 Å². The van der Waals surface area contributed by atoms with E-state index in [1.54, 1.807) is 0 Å². The summed E-state index contributed by atoms with van der Waals surface area (Å²) in [5.74, 6) is 1.01. The first-order valence-electron chi connectivity index (χ1n) is 6.06. The van der Waals surface area contributed by atoms with Crippen LogP contribution in [0.15, 0.2) is 6.33 Å². The van der Waals surface area contributed by atoms with E-state index >= 15 is 0 Å². The number of carbonyl (C=O) groups excluding carboxylic acids is 1. The number of amides is 1. The molecule has 1 rings (SSSR count). The molecule has 1 atom stereocenters. The maximum atomic E-state index is 11.6. The third kappa shape index (κ3) is 5.44. The van der Waals surface area contributed by atoms with Crippen LogP contribution >= 0.6 is 0 Å². The summed E-state index contributed by atoms with van der Waals surface area (Å²) in [4.78, 5) is 15.6. The van der Waals surface area contributed by atoms with Gasteiger partial charge in [0.2, 0.25) is 5.91 Å². The zero-order valence-electron chi connectivity index (χ0n) is 10.3. The van der Waals surface area contributed by atoms with Crippen molar-refractivity contribution in [2.75, 3.05) is 13.1 Å². The summed E-state index contributed by atoms with van der Waals surface area (Å²) in [6, 6.07) is 0. The van der Waals surface area contributed by atoms with Crippen molar-refractivity contribution in [3.8, 4) is 0 Å². The standard InChI is InChI=1S/C11H21N5O/c1-9(4-2-6-12)11(17)13-7-3-5-10-14-8-15-16-10/h8-9H,2-7,12H2,1H3,(H,13,17)(H,14,15,16). The molecule has 96 valence electrons. The fourth-order valence-corrected chi connectivity index (χ4v) is 1.55. The van der Waals surface area contributed by atoms with Crippen LogP contribution in [0.3, 0.4) is 0 Å². The van der Waals surface area contributed by atoms with E-state index < -0.39 is 0 Å². The molecule has 0 saturated carbocycles. The normalized spacial score (nSPS) is 12.4. The third-order valence-corrected chi connectivity index (χ3v) is 2.64. The van der Waals surface area contributed by atoms with Gasteiger partial charge < -0.3 is 11.1 Å². The van der Waals surface area contributed by atoms with Gasteiger partial charge in [-0.25, -0.2) is 4.98 Å². The van der Waals surface area contributed by atoms with Crippen LogP contribution in [0.4, 0.5) is 0 Å². The number of hydrogen-bond acceptors (Lipinski definition) is 4. The monoisotopic (exact) mass is 239 g/mol. The molecular formula is C11H21N5O. The molecule has 0 saturated heterocycles. The number of rotatable bonds is 8. The Bertz CT molecular complexity index is 312. The minimum absolute atomic E-state index is 0.0452. The van der Waals surface area contributed by atoms with Gasteiger partial charge in [0.15, 0.2) is 0 Å². The second-order valence-electron chi connectivity index (χ2n) is 4.16. The molecule has 6 nitrogen and oxygen atoms in total. The summed E-state index contributed by atoms with van der Waals surface area (Å²) < 4.78 is 0. The minimum atomic E-state index is 0.0452. The van der Waals surface area contributed by atoms with Crippen LogP contribution in [0.5, 0.6) is 0 Å². The van der Waals surface area contributed by atoms with Gasteiger partial charge in [0.25, 0.3) is 0 Å². The van der Waals surface area contributed by atoms with Crippen LogP contribution in [0.2, 0.25) is 0 Å². The Hall–Kier alpha value is -1.43. The van der Waals surface area contributed by atoms with Crippen molar-refractivity contribution in [3.05, 3.63) is 12.2 Å². The van der Waals surface area contributed by atoms with Crippen LogP contribution in [-0.2, 0) is 11.2 Å². The largest absolute Gasteiger partial charge is 0.356 e. The predicted octanol–water partition coefficient (Wildman–Crippen LogP) is 0.229. The summed E-state index contributed by atoms with van der Waals surface area (Å²) in [6.07, 6.45) is 4.90. The molecule has 1 unspecified atom stereocenters. The summed E-state index contributed by atoms with van der Waals surface area (Å²) in [5.41, 5.74) is 5.40. The van der Waals surface area contributed by atoms with Crippen LogP contribution < -0.4 is 11.1 Å². The molecule has 4 N–H and O–H groups in total. The van der Waals surface area contributed by atoms with Crippen molar-refractivity contribution in [3.63, 3.8) is 0 Å². The average molecular weight is 239 g/mol. The molecule has 0 aliphatic heterocycles. The van der Waals surface area contributed by atoms with Crippen LogP contribution in [0, 0.1) is 5.92 Å². The molecule has 0 bridgehead atoms. The lowest BCUT2D eigenvalue weighted by Gasteiger charge is -2.11. The number of carbonyl (C=O) groups is 1. The van der Waals surface area contributed by atoms with Crippen LogP contribution in [-0.4, -0.2) is 34.2 Å². The first-order valence-corrected chi connectivity index (χ1v) is 6.06. The van der Waals surface area contributed by atoms with Gasteiger partial charge in [-0.3, -0.25) is 9.89 Å². The van der Waals surface area contributed by atoms with E-state index in [9.17, 15) is 4.79 Å². The van der Waals surface area contributed by atoms with E-state index in [1.807, 2.05) is 6.92 Å². The quantitative estimate of drug-likeness (QED) is 0.566. The van der Waals surface area contributed by atoms with E-state index in [0.29, 0.717) is 13.1 Å². The number of nitrogens with two attached hydrogens (primary N) is 1. The van der Waals surface area contributed by atoms with Gasteiger partial charge in [0, 0.05) is 18.9 Å². The number of aryl methyl sites for hydroxylation is 1. The van der Waals surface area contributed by atoms with Gasteiger partial charge in [-0.1, -0.05) is 6.92 Å². The first kappa shape index (κ1) is 13.6. The number of nitrogens with one attached hydrogen (secondary N) is 2. The number of nitrogens with zero attached hydrogens (tertiary/aromatic N) is 2. The van der Waals surface area contributed by atoms with Crippen LogP contribution in [0.1, 0.15) is 32.0 Å². The Labute approximate surface area is 101 Å². The topological polar surface area (TPSA) is 96.7 Å². The molecule has 1 amide bonds. The predicted molar refractivity (Wildman–Crippen MR) is 65.2 cm³/mol. The maximum Gasteiger partial charge on any atom is 0.222 e. The number of aromatic nitrogens is 3. The van der Waals surface area contributed by atoms with Crippen molar-refractivity contribution in [1.82, 2.24) is 20.5 Å². The van der Waals surface area contributed by atoms with E-state index in [2.05, 4.69) is 20.5 Å². The Morgan fingerprint density at radius 2 is 2.41 bits per heavy atom. The molecule has 1 aromatic heterocycles. The molecule has 0 aliphatic rings. The van der Waals surface area contributed by atoms with E-state index in [0.717, 1.165) is 31.5 Å². The Balaban J connectivity index is 2.07. The zero-order valence-corrected chi connectivity index (χ0v) is 10.3. The van der Waals surface area contributed by atoms with Crippen molar-refractivity contribution in [2.24, 2.45) is 11.7 Å². The molecular weight excluding hydrogens is 218 g/mol. The van der Waals surface area contributed by atoms with Gasteiger partial charge in [-0.05, 0) is 25.8 Å². The molecule has 1 heterocycles. The Morgan fingerprint density at radius 3 is 3.06 bits per heavy atom. The lowest BCUT2D eigenvalue weighted by atomic mass is 10.0. The van der Waals surface area contributed by atoms with Gasteiger partial charge in [-0.2, -0.15) is 5.10 Å². The third-order valence-electron chi connectivity index (χ3n) is 2.64. The highest BCUT2D eigenvalue weighted by Crippen LogP contribution is 2.04. The highest BCUT2D eigenvalue weighted by atomic mass is 16.1. The van der Waals surface area contributed by atoms with Crippen molar-refractivity contribution < 1.29 is 4.79 Å². The van der Waals surface area contributed by atoms with E-state index in [4.69, 9.17) is 5.73 Å². The zero-order chi connectivity index (χ0) is 12.5. The fourth-order valence-electron chi connectivity index (χ4n) is 1.55. The summed E-state index contributed by atoms with van der Waals surface area (Å²) in [6.45, 7) is 3.25. The van der Waals surface area contributed by atoms with Gasteiger partial charge in [0.1, 0.15) is 12.2 Å².